The number of hydrogen-bond acceptors (Lipinski definition) is 2. The van der Waals surface area contributed by atoms with Crippen molar-refractivity contribution in [3.05, 3.63) is 65.0 Å². The van der Waals surface area contributed by atoms with Gasteiger partial charge in [-0.15, -0.1) is 0 Å². The van der Waals surface area contributed by atoms with Crippen molar-refractivity contribution in [1.82, 2.24) is 0 Å². The zero-order valence-electron chi connectivity index (χ0n) is 13.4. The maximum atomic E-state index is 13.0. The fourth-order valence-electron chi connectivity index (χ4n) is 2.62. The molecule has 23 heavy (non-hydrogen) atoms. The van der Waals surface area contributed by atoms with E-state index in [4.69, 9.17) is 4.74 Å². The van der Waals surface area contributed by atoms with Crippen molar-refractivity contribution in [3.8, 4) is 5.75 Å². The average molecular weight is 316 g/mol. The molecule has 0 spiro atoms. The van der Waals surface area contributed by atoms with E-state index in [1.165, 1.54) is 24.3 Å². The van der Waals surface area contributed by atoms with Crippen LogP contribution in [0.5, 0.6) is 5.75 Å². The molecule has 0 aliphatic carbocycles. The van der Waals surface area contributed by atoms with E-state index in [2.05, 4.69) is 0 Å². The van der Waals surface area contributed by atoms with Crippen LogP contribution in [0.3, 0.4) is 0 Å². The topological polar surface area (TPSA) is 46.5 Å². The summed E-state index contributed by atoms with van der Waals surface area (Å²) in [4.78, 5) is 11.4. The summed E-state index contributed by atoms with van der Waals surface area (Å²) in [6.07, 6.45) is 1.06. The fraction of sp³-hybridized carbons (Fsp3) is 0.316. The largest absolute Gasteiger partial charge is 0.493 e. The molecule has 0 fully saturated rings. The Morgan fingerprint density at radius 2 is 1.74 bits per heavy atom. The Kier molecular flexibility index (Phi) is 5.74. The number of benzene rings is 2. The maximum Gasteiger partial charge on any atom is 0.310 e. The molecule has 0 amide bonds. The van der Waals surface area contributed by atoms with Gasteiger partial charge in [-0.2, -0.15) is 0 Å². The van der Waals surface area contributed by atoms with E-state index in [1.54, 1.807) is 0 Å². The number of rotatable bonds is 7. The Labute approximate surface area is 135 Å². The minimum Gasteiger partial charge on any atom is -0.493 e. The van der Waals surface area contributed by atoms with Crippen molar-refractivity contribution in [1.29, 1.82) is 0 Å². The predicted octanol–water partition coefficient (Wildman–Crippen LogP) is 4.47. The van der Waals surface area contributed by atoms with E-state index in [1.807, 2.05) is 32.0 Å². The predicted molar refractivity (Wildman–Crippen MR) is 87.4 cm³/mol. The first-order valence-electron chi connectivity index (χ1n) is 7.66. The summed E-state index contributed by atoms with van der Waals surface area (Å²) >= 11 is 0. The molecule has 122 valence electrons. The fourth-order valence-corrected chi connectivity index (χ4v) is 2.62. The van der Waals surface area contributed by atoms with Gasteiger partial charge in [-0.3, -0.25) is 4.79 Å². The van der Waals surface area contributed by atoms with Crippen LogP contribution in [-0.4, -0.2) is 17.7 Å². The number of ether oxygens (including phenoxy) is 1. The molecule has 0 aromatic heterocycles. The third kappa shape index (κ3) is 4.55. The molecule has 2 rings (SSSR count). The summed E-state index contributed by atoms with van der Waals surface area (Å²) in [5.74, 6) is -1.04. The SMILES string of the molecule is Cc1cccc(C)c1OCCCC(C(=O)O)c1ccc(F)cc1. The second-order valence-electron chi connectivity index (χ2n) is 5.65. The summed E-state index contributed by atoms with van der Waals surface area (Å²) in [6.45, 7) is 4.43. The van der Waals surface area contributed by atoms with E-state index in [9.17, 15) is 14.3 Å². The number of aliphatic carboxylic acids is 1. The van der Waals surface area contributed by atoms with Crippen molar-refractivity contribution in [2.45, 2.75) is 32.6 Å². The highest BCUT2D eigenvalue weighted by molar-refractivity contribution is 5.76. The van der Waals surface area contributed by atoms with Gasteiger partial charge in [0.2, 0.25) is 0 Å². The number of halogens is 1. The number of aryl methyl sites for hydroxylation is 2. The van der Waals surface area contributed by atoms with E-state index in [0.717, 1.165) is 16.9 Å². The van der Waals surface area contributed by atoms with Gasteiger partial charge in [0.05, 0.1) is 12.5 Å². The molecule has 2 aromatic carbocycles. The summed E-state index contributed by atoms with van der Waals surface area (Å²) in [7, 11) is 0. The van der Waals surface area contributed by atoms with Gasteiger partial charge in [0.15, 0.2) is 0 Å². The average Bonchev–Trinajstić information content (AvgIpc) is 2.50. The first-order valence-corrected chi connectivity index (χ1v) is 7.66. The van der Waals surface area contributed by atoms with Gasteiger partial charge in [-0.25, -0.2) is 4.39 Å². The molecule has 0 heterocycles. The Bertz CT molecular complexity index is 645. The molecular formula is C19H21FO3. The van der Waals surface area contributed by atoms with Crippen LogP contribution in [0.4, 0.5) is 4.39 Å². The monoisotopic (exact) mass is 316 g/mol. The lowest BCUT2D eigenvalue weighted by molar-refractivity contribution is -0.139. The number of carboxylic acids is 1. The van der Waals surface area contributed by atoms with Gasteiger partial charge < -0.3 is 9.84 Å². The zero-order valence-corrected chi connectivity index (χ0v) is 13.4. The van der Waals surface area contributed by atoms with Crippen LogP contribution >= 0.6 is 0 Å². The highest BCUT2D eigenvalue weighted by Crippen LogP contribution is 2.25. The number of hydrogen-bond donors (Lipinski definition) is 1. The van der Waals surface area contributed by atoms with Crippen LogP contribution in [0.2, 0.25) is 0 Å². The number of carboxylic acid groups (broad SMARTS) is 1. The summed E-state index contributed by atoms with van der Waals surface area (Å²) in [6, 6.07) is 11.6. The standard InChI is InChI=1S/C19H21FO3/c1-13-5-3-6-14(2)18(13)23-12-4-7-17(19(21)22)15-8-10-16(20)11-9-15/h3,5-6,8-11,17H,4,7,12H2,1-2H3,(H,21,22). The van der Waals surface area contributed by atoms with Crippen molar-refractivity contribution >= 4 is 5.97 Å². The lowest BCUT2D eigenvalue weighted by Crippen LogP contribution is -2.13. The van der Waals surface area contributed by atoms with Gasteiger partial charge in [0.25, 0.3) is 0 Å². The summed E-state index contributed by atoms with van der Waals surface area (Å²) < 4.78 is 18.8. The Morgan fingerprint density at radius 1 is 1.13 bits per heavy atom. The second-order valence-corrected chi connectivity index (χ2v) is 5.65. The summed E-state index contributed by atoms with van der Waals surface area (Å²) in [5, 5.41) is 9.37. The van der Waals surface area contributed by atoms with Gasteiger partial charge in [-0.05, 0) is 55.5 Å². The summed E-state index contributed by atoms with van der Waals surface area (Å²) in [5.41, 5.74) is 2.75. The van der Waals surface area contributed by atoms with Gasteiger partial charge in [0.1, 0.15) is 11.6 Å². The van der Waals surface area contributed by atoms with Crippen molar-refractivity contribution in [2.24, 2.45) is 0 Å². The van der Waals surface area contributed by atoms with Crippen LogP contribution in [0.1, 0.15) is 35.4 Å². The molecule has 4 heteroatoms. The van der Waals surface area contributed by atoms with Crippen molar-refractivity contribution in [2.75, 3.05) is 6.61 Å². The maximum absolute atomic E-state index is 13.0. The van der Waals surface area contributed by atoms with Gasteiger partial charge in [-0.1, -0.05) is 30.3 Å². The van der Waals surface area contributed by atoms with Gasteiger partial charge in [0, 0.05) is 0 Å². The molecule has 1 unspecified atom stereocenters. The highest BCUT2D eigenvalue weighted by Gasteiger charge is 2.19. The van der Waals surface area contributed by atoms with Crippen LogP contribution < -0.4 is 4.74 Å². The normalized spacial score (nSPS) is 12.0. The van der Waals surface area contributed by atoms with Crippen molar-refractivity contribution in [3.63, 3.8) is 0 Å². The Balaban J connectivity index is 1.93. The third-order valence-electron chi connectivity index (χ3n) is 3.86. The van der Waals surface area contributed by atoms with Crippen molar-refractivity contribution < 1.29 is 19.0 Å². The minimum absolute atomic E-state index is 0.365. The van der Waals surface area contributed by atoms with Gasteiger partial charge >= 0.3 is 5.97 Å². The molecule has 0 aliphatic heterocycles. The zero-order chi connectivity index (χ0) is 16.8. The Hall–Kier alpha value is -2.36. The highest BCUT2D eigenvalue weighted by atomic mass is 19.1. The van der Waals surface area contributed by atoms with Crippen LogP contribution in [-0.2, 0) is 4.79 Å². The molecule has 3 nitrogen and oxygen atoms in total. The van der Waals surface area contributed by atoms with Crippen LogP contribution in [0, 0.1) is 19.7 Å². The quantitative estimate of drug-likeness (QED) is 0.767. The van der Waals surface area contributed by atoms with Crippen LogP contribution in [0.25, 0.3) is 0 Å². The number of para-hydroxylation sites is 1. The molecule has 0 saturated carbocycles. The number of carbonyl (C=O) groups is 1. The second kappa shape index (κ2) is 7.77. The lowest BCUT2D eigenvalue weighted by atomic mass is 9.94. The molecule has 0 radical (unpaired) electrons. The lowest BCUT2D eigenvalue weighted by Gasteiger charge is -2.15. The molecular weight excluding hydrogens is 295 g/mol. The molecule has 1 N–H and O–H groups in total. The first kappa shape index (κ1) is 17.0. The Morgan fingerprint density at radius 3 is 2.30 bits per heavy atom. The molecule has 0 saturated heterocycles. The van der Waals surface area contributed by atoms with E-state index >= 15 is 0 Å². The smallest absolute Gasteiger partial charge is 0.310 e. The molecule has 2 aromatic rings. The first-order chi connectivity index (χ1) is 11.0. The van der Waals surface area contributed by atoms with E-state index < -0.39 is 11.9 Å². The third-order valence-corrected chi connectivity index (χ3v) is 3.86. The van der Waals surface area contributed by atoms with E-state index in [-0.39, 0.29) is 5.82 Å². The molecule has 0 bridgehead atoms. The molecule has 0 aliphatic rings. The molecule has 1 atom stereocenters. The minimum atomic E-state index is -0.899. The van der Waals surface area contributed by atoms with Crippen LogP contribution in [0.15, 0.2) is 42.5 Å². The van der Waals surface area contributed by atoms with E-state index in [0.29, 0.717) is 25.0 Å².